The lowest BCUT2D eigenvalue weighted by Crippen LogP contribution is -2.59. The predicted molar refractivity (Wildman–Crippen MR) is 168 cm³/mol. The number of unbranched alkanes of at least 4 members (excludes halogenated alkanes) is 1. The monoisotopic (exact) mass is 576 g/mol. The number of carboxylic acid groups (broad SMARTS) is 1. The fourth-order valence-electron chi connectivity index (χ4n) is 10.4. The number of aliphatic carboxylic acids is 1. The van der Waals surface area contributed by atoms with Gasteiger partial charge in [-0.15, -0.1) is 0 Å². The maximum Gasteiger partial charge on any atom is 0.303 e. The van der Waals surface area contributed by atoms with Gasteiger partial charge in [-0.05, 0) is 169 Å². The molecule has 0 aliphatic heterocycles. The Balaban J connectivity index is 1.20. The summed E-state index contributed by atoms with van der Waals surface area (Å²) in [6.07, 6.45) is 15.3. The molecule has 0 spiro atoms. The van der Waals surface area contributed by atoms with Crippen LogP contribution in [0.15, 0.2) is 0 Å². The average Bonchev–Trinajstić information content (AvgIpc) is 3.30. The number of aliphatic hydroxyl groups is 1. The lowest BCUT2D eigenvalue weighted by molar-refractivity contribution is -0.167. The summed E-state index contributed by atoms with van der Waals surface area (Å²) < 4.78 is 0. The van der Waals surface area contributed by atoms with Gasteiger partial charge in [0, 0.05) is 12.5 Å². The topological polar surface area (TPSA) is 120 Å². The van der Waals surface area contributed by atoms with Crippen LogP contribution in [0.4, 0.5) is 0 Å². The van der Waals surface area contributed by atoms with E-state index in [-0.39, 0.29) is 17.9 Å². The van der Waals surface area contributed by atoms with Crippen molar-refractivity contribution in [1.29, 1.82) is 0 Å². The number of hydrogen-bond acceptors (Lipinski definition) is 6. The maximum atomic E-state index is 11.7. The van der Waals surface area contributed by atoms with E-state index >= 15 is 0 Å². The van der Waals surface area contributed by atoms with Gasteiger partial charge in [0.2, 0.25) is 0 Å². The van der Waals surface area contributed by atoms with E-state index in [1.807, 2.05) is 0 Å². The fraction of sp³-hybridized carbons (Fsp3) is 0.971. The summed E-state index contributed by atoms with van der Waals surface area (Å²) in [5, 5.41) is 31.9. The molecule has 0 aromatic rings. The first-order chi connectivity index (χ1) is 19.7. The number of aliphatic hydroxyl groups excluding tert-OH is 1. The van der Waals surface area contributed by atoms with Crippen LogP contribution >= 0.6 is 0 Å². The summed E-state index contributed by atoms with van der Waals surface area (Å²) in [5.74, 6) is 2.68. The van der Waals surface area contributed by atoms with E-state index < -0.39 is 5.97 Å². The number of nitrogens with two attached hydrogens (primary N) is 1. The van der Waals surface area contributed by atoms with Gasteiger partial charge in [0.05, 0.1) is 6.10 Å². The Labute approximate surface area is 250 Å². The standard InChI is InChI=1S/C34H64N4O3/c1-24(8-11-31(40)41)27-9-10-28-32-29(13-15-34(27,28)3)33(2)14-12-26(22-25(33)23-30(32)39)38-21-7-20-37-18-5-4-17-36-19-6-16-35/h24-30,32,36-39H,4-23,35H2,1-3H3,(H,40,41)/t24?,25?,26-,27?,28?,29?,30+,32?,33-,34?/m0/s1. The second kappa shape index (κ2) is 15.3. The highest BCUT2D eigenvalue weighted by atomic mass is 16.4. The van der Waals surface area contributed by atoms with Crippen LogP contribution in [0.2, 0.25) is 0 Å². The first kappa shape index (κ1) is 33.2. The van der Waals surface area contributed by atoms with Crippen LogP contribution in [0, 0.1) is 46.3 Å². The second-order valence-electron chi connectivity index (χ2n) is 15.1. The minimum absolute atomic E-state index is 0.172. The summed E-state index contributed by atoms with van der Waals surface area (Å²) in [4.78, 5) is 11.2. The molecular weight excluding hydrogens is 512 g/mol. The number of hydrogen-bond donors (Lipinski definition) is 6. The molecule has 0 radical (unpaired) electrons. The molecule has 7 N–H and O–H groups in total. The third kappa shape index (κ3) is 7.87. The molecule has 10 atom stereocenters. The van der Waals surface area contributed by atoms with Crippen molar-refractivity contribution in [3.8, 4) is 0 Å². The van der Waals surface area contributed by atoms with Crippen molar-refractivity contribution in [3.63, 3.8) is 0 Å². The molecule has 0 aromatic carbocycles. The summed E-state index contributed by atoms with van der Waals surface area (Å²) in [5.41, 5.74) is 6.15. The smallest absolute Gasteiger partial charge is 0.303 e. The lowest BCUT2D eigenvalue weighted by Gasteiger charge is -2.62. The van der Waals surface area contributed by atoms with Crippen molar-refractivity contribution in [3.05, 3.63) is 0 Å². The highest BCUT2D eigenvalue weighted by Gasteiger charge is 2.62. The second-order valence-corrected chi connectivity index (χ2v) is 15.1. The fourth-order valence-corrected chi connectivity index (χ4v) is 10.4. The van der Waals surface area contributed by atoms with Crippen LogP contribution in [0.1, 0.15) is 111 Å². The first-order valence-corrected chi connectivity index (χ1v) is 17.5. The van der Waals surface area contributed by atoms with Gasteiger partial charge in [0.1, 0.15) is 0 Å². The van der Waals surface area contributed by atoms with Crippen LogP contribution in [-0.2, 0) is 4.79 Å². The Bertz CT molecular complexity index is 813. The van der Waals surface area contributed by atoms with E-state index in [0.29, 0.717) is 47.0 Å². The van der Waals surface area contributed by atoms with Crippen molar-refractivity contribution >= 4 is 5.97 Å². The Morgan fingerprint density at radius 2 is 1.54 bits per heavy atom. The molecule has 4 fully saturated rings. The molecule has 7 heteroatoms. The highest BCUT2D eigenvalue weighted by Crippen LogP contribution is 2.68. The predicted octanol–water partition coefficient (Wildman–Crippen LogP) is 4.77. The van der Waals surface area contributed by atoms with E-state index in [0.717, 1.165) is 58.5 Å². The first-order valence-electron chi connectivity index (χ1n) is 17.5. The van der Waals surface area contributed by atoms with Crippen LogP contribution in [0.25, 0.3) is 0 Å². The van der Waals surface area contributed by atoms with Gasteiger partial charge < -0.3 is 31.9 Å². The molecule has 41 heavy (non-hydrogen) atoms. The number of rotatable bonds is 17. The molecule has 4 aliphatic rings. The van der Waals surface area contributed by atoms with E-state index in [4.69, 9.17) is 5.73 Å². The van der Waals surface area contributed by atoms with Gasteiger partial charge in [-0.2, -0.15) is 0 Å². The van der Waals surface area contributed by atoms with Gasteiger partial charge in [-0.1, -0.05) is 20.8 Å². The van der Waals surface area contributed by atoms with E-state index in [9.17, 15) is 15.0 Å². The van der Waals surface area contributed by atoms with Crippen molar-refractivity contribution < 1.29 is 15.0 Å². The van der Waals surface area contributed by atoms with Gasteiger partial charge in [0.25, 0.3) is 0 Å². The molecule has 7 nitrogen and oxygen atoms in total. The van der Waals surface area contributed by atoms with Gasteiger partial charge >= 0.3 is 5.97 Å². The molecule has 0 heterocycles. The van der Waals surface area contributed by atoms with E-state index in [1.165, 1.54) is 64.2 Å². The van der Waals surface area contributed by atoms with Gasteiger partial charge in [0.15, 0.2) is 0 Å². The third-order valence-electron chi connectivity index (χ3n) is 12.7. The zero-order chi connectivity index (χ0) is 29.5. The van der Waals surface area contributed by atoms with Crippen LogP contribution < -0.4 is 21.7 Å². The summed E-state index contributed by atoms with van der Waals surface area (Å²) in [6.45, 7) is 13.5. The molecule has 0 bridgehead atoms. The highest BCUT2D eigenvalue weighted by molar-refractivity contribution is 5.66. The summed E-state index contributed by atoms with van der Waals surface area (Å²) >= 11 is 0. The lowest BCUT2D eigenvalue weighted by atomic mass is 9.43. The van der Waals surface area contributed by atoms with Crippen LogP contribution in [-0.4, -0.2) is 67.6 Å². The Morgan fingerprint density at radius 1 is 0.878 bits per heavy atom. The van der Waals surface area contributed by atoms with Crippen LogP contribution in [0.3, 0.4) is 0 Å². The molecule has 7 unspecified atom stereocenters. The molecule has 0 amide bonds. The minimum Gasteiger partial charge on any atom is -0.481 e. The van der Waals surface area contributed by atoms with Gasteiger partial charge in [-0.3, -0.25) is 4.79 Å². The molecule has 4 aliphatic carbocycles. The van der Waals surface area contributed by atoms with E-state index in [1.54, 1.807) is 0 Å². The zero-order valence-electron chi connectivity index (χ0n) is 26.6. The minimum atomic E-state index is -0.669. The van der Waals surface area contributed by atoms with Crippen LogP contribution in [0.5, 0.6) is 0 Å². The van der Waals surface area contributed by atoms with Crippen molar-refractivity contribution in [2.75, 3.05) is 39.3 Å². The molecule has 0 aromatic heterocycles. The maximum absolute atomic E-state index is 11.7. The molecular formula is C34H64N4O3. The van der Waals surface area contributed by atoms with Crippen molar-refractivity contribution in [2.24, 2.45) is 52.1 Å². The van der Waals surface area contributed by atoms with Crippen molar-refractivity contribution in [1.82, 2.24) is 16.0 Å². The van der Waals surface area contributed by atoms with Crippen molar-refractivity contribution in [2.45, 2.75) is 123 Å². The number of carbonyl (C=O) groups is 1. The quantitative estimate of drug-likeness (QED) is 0.138. The Kier molecular flexibility index (Phi) is 12.4. The molecule has 4 rings (SSSR count). The van der Waals surface area contributed by atoms with E-state index in [2.05, 4.69) is 36.7 Å². The molecule has 0 saturated heterocycles. The number of fused-ring (bicyclic) bond motifs is 5. The SMILES string of the molecule is CC(CCC(=O)O)C1CCC2C3C(CCC12C)[C@@]1(C)CC[C@H](NCCCNCCCCNCCCN)CC1C[C@H]3O. The largest absolute Gasteiger partial charge is 0.481 e. The molecule has 4 saturated carbocycles. The summed E-state index contributed by atoms with van der Waals surface area (Å²) in [6, 6.07) is 0.594. The number of carboxylic acids is 1. The normalized spacial score (nSPS) is 39.1. The third-order valence-corrected chi connectivity index (χ3v) is 12.7. The average molecular weight is 577 g/mol. The Morgan fingerprint density at radius 3 is 2.24 bits per heavy atom. The Hall–Kier alpha value is -0.730. The number of nitrogens with one attached hydrogen (secondary N) is 3. The molecule has 238 valence electrons. The van der Waals surface area contributed by atoms with Gasteiger partial charge in [-0.25, -0.2) is 0 Å². The zero-order valence-corrected chi connectivity index (χ0v) is 26.6. The summed E-state index contributed by atoms with van der Waals surface area (Å²) in [7, 11) is 0.